The molecular weight excluding hydrogens is 246 g/mol. The van der Waals surface area contributed by atoms with Gasteiger partial charge in [0.2, 0.25) is 0 Å². The Morgan fingerprint density at radius 2 is 2.11 bits per heavy atom. The summed E-state index contributed by atoms with van der Waals surface area (Å²) in [5.41, 5.74) is 0.902. The molecule has 0 fully saturated rings. The van der Waals surface area contributed by atoms with Gasteiger partial charge in [-0.15, -0.1) is 0 Å². The van der Waals surface area contributed by atoms with Gasteiger partial charge in [0.25, 0.3) is 0 Å². The van der Waals surface area contributed by atoms with Crippen LogP contribution in [0.15, 0.2) is 28.7 Å². The average Bonchev–Trinajstić information content (AvgIpc) is 2.78. The Morgan fingerprint density at radius 3 is 2.78 bits per heavy atom. The van der Waals surface area contributed by atoms with Crippen LogP contribution in [0, 0.1) is 5.92 Å². The summed E-state index contributed by atoms with van der Waals surface area (Å²) in [4.78, 5) is 0. The Labute approximate surface area is 113 Å². The molecule has 3 heteroatoms. The fourth-order valence-corrected chi connectivity index (χ4v) is 2.33. The Balaban J connectivity index is 2.28. The van der Waals surface area contributed by atoms with Crippen LogP contribution < -0.4 is 5.32 Å². The highest BCUT2D eigenvalue weighted by molar-refractivity contribution is 6.31. The lowest BCUT2D eigenvalue weighted by Crippen LogP contribution is -2.18. The summed E-state index contributed by atoms with van der Waals surface area (Å²) < 4.78 is 5.90. The summed E-state index contributed by atoms with van der Waals surface area (Å²) in [7, 11) is 1.98. The van der Waals surface area contributed by atoms with Crippen molar-refractivity contribution in [2.45, 2.75) is 32.7 Å². The predicted octanol–water partition coefficient (Wildman–Crippen LogP) is 4.78. The largest absolute Gasteiger partial charge is 0.459 e. The van der Waals surface area contributed by atoms with Crippen LogP contribution in [0.5, 0.6) is 0 Å². The lowest BCUT2D eigenvalue weighted by Gasteiger charge is -2.17. The van der Waals surface area contributed by atoms with Gasteiger partial charge in [-0.2, -0.15) is 0 Å². The molecule has 2 aromatic rings. The van der Waals surface area contributed by atoms with Crippen molar-refractivity contribution >= 4 is 22.6 Å². The van der Waals surface area contributed by atoms with Crippen molar-refractivity contribution in [2.75, 3.05) is 7.05 Å². The van der Waals surface area contributed by atoms with Crippen molar-refractivity contribution < 1.29 is 4.42 Å². The molecule has 2 rings (SSSR count). The lowest BCUT2D eigenvalue weighted by atomic mass is 9.98. The van der Waals surface area contributed by atoms with E-state index < -0.39 is 0 Å². The molecule has 18 heavy (non-hydrogen) atoms. The first-order valence-corrected chi connectivity index (χ1v) is 6.88. The van der Waals surface area contributed by atoms with Gasteiger partial charge in [-0.05, 0) is 43.7 Å². The number of hydrogen-bond acceptors (Lipinski definition) is 2. The molecule has 1 heterocycles. The van der Waals surface area contributed by atoms with E-state index in [4.69, 9.17) is 16.0 Å². The van der Waals surface area contributed by atoms with Gasteiger partial charge in [0, 0.05) is 10.4 Å². The monoisotopic (exact) mass is 265 g/mol. The zero-order chi connectivity index (χ0) is 13.1. The second kappa shape index (κ2) is 5.77. The average molecular weight is 266 g/mol. The predicted molar refractivity (Wildman–Crippen MR) is 77.1 cm³/mol. The van der Waals surface area contributed by atoms with Gasteiger partial charge >= 0.3 is 0 Å². The van der Waals surface area contributed by atoms with E-state index in [2.05, 4.69) is 25.2 Å². The summed E-state index contributed by atoms with van der Waals surface area (Å²) in [6, 6.07) is 8.09. The molecule has 0 aliphatic heterocycles. The number of halogens is 1. The molecule has 0 saturated heterocycles. The molecule has 0 radical (unpaired) electrons. The van der Waals surface area contributed by atoms with E-state index in [1.165, 1.54) is 6.42 Å². The van der Waals surface area contributed by atoms with E-state index in [9.17, 15) is 0 Å². The third kappa shape index (κ3) is 2.88. The first kappa shape index (κ1) is 13.4. The molecule has 0 aliphatic rings. The van der Waals surface area contributed by atoms with Crippen LogP contribution in [0.25, 0.3) is 11.0 Å². The van der Waals surface area contributed by atoms with E-state index in [0.717, 1.165) is 28.2 Å². The normalized spacial score (nSPS) is 14.9. The standard InChI is InChI=1S/C15H20ClNO/c1-4-10(2)7-13(17-3)15-9-11-8-12(16)5-6-14(11)18-15/h5-6,8-10,13,17H,4,7H2,1-3H3. The Morgan fingerprint density at radius 1 is 1.33 bits per heavy atom. The van der Waals surface area contributed by atoms with Gasteiger partial charge in [-0.1, -0.05) is 31.9 Å². The zero-order valence-electron chi connectivity index (χ0n) is 11.2. The van der Waals surface area contributed by atoms with Gasteiger partial charge in [-0.25, -0.2) is 0 Å². The third-order valence-corrected chi connectivity index (χ3v) is 3.76. The highest BCUT2D eigenvalue weighted by Crippen LogP contribution is 2.29. The number of nitrogens with one attached hydrogen (secondary N) is 1. The highest BCUT2D eigenvalue weighted by atomic mass is 35.5. The topological polar surface area (TPSA) is 25.2 Å². The molecule has 98 valence electrons. The maximum atomic E-state index is 5.99. The molecule has 2 nitrogen and oxygen atoms in total. The maximum Gasteiger partial charge on any atom is 0.134 e. The van der Waals surface area contributed by atoms with E-state index in [1.54, 1.807) is 0 Å². The van der Waals surface area contributed by atoms with Crippen LogP contribution in [0.3, 0.4) is 0 Å². The van der Waals surface area contributed by atoms with E-state index in [1.807, 2.05) is 25.2 Å². The third-order valence-electron chi connectivity index (χ3n) is 3.52. The Hall–Kier alpha value is -0.990. The number of fused-ring (bicyclic) bond motifs is 1. The fraction of sp³-hybridized carbons (Fsp3) is 0.467. The summed E-state index contributed by atoms with van der Waals surface area (Å²) >= 11 is 5.99. The number of rotatable bonds is 5. The SMILES string of the molecule is CCC(C)CC(NC)c1cc2cc(Cl)ccc2o1. The first-order chi connectivity index (χ1) is 8.63. The quantitative estimate of drug-likeness (QED) is 0.841. The lowest BCUT2D eigenvalue weighted by molar-refractivity contribution is 0.371. The van der Waals surface area contributed by atoms with Crippen LogP contribution in [0.1, 0.15) is 38.5 Å². The van der Waals surface area contributed by atoms with E-state index in [-0.39, 0.29) is 6.04 Å². The van der Waals surface area contributed by atoms with Crippen LogP contribution in [-0.4, -0.2) is 7.05 Å². The molecule has 2 unspecified atom stereocenters. The number of hydrogen-bond donors (Lipinski definition) is 1. The molecule has 1 aromatic carbocycles. The van der Waals surface area contributed by atoms with E-state index >= 15 is 0 Å². The molecule has 2 atom stereocenters. The molecule has 0 bridgehead atoms. The number of benzene rings is 1. The summed E-state index contributed by atoms with van der Waals surface area (Å²) in [6.45, 7) is 4.49. The van der Waals surface area contributed by atoms with Gasteiger partial charge in [-0.3, -0.25) is 0 Å². The second-order valence-corrected chi connectivity index (χ2v) is 5.36. The van der Waals surface area contributed by atoms with Crippen molar-refractivity contribution in [3.8, 4) is 0 Å². The fourth-order valence-electron chi connectivity index (χ4n) is 2.15. The van der Waals surface area contributed by atoms with Crippen LogP contribution in [0.4, 0.5) is 0 Å². The van der Waals surface area contributed by atoms with Crippen LogP contribution >= 0.6 is 11.6 Å². The minimum Gasteiger partial charge on any atom is -0.459 e. The minimum absolute atomic E-state index is 0.270. The number of furan rings is 1. The van der Waals surface area contributed by atoms with Gasteiger partial charge < -0.3 is 9.73 Å². The smallest absolute Gasteiger partial charge is 0.134 e. The first-order valence-electron chi connectivity index (χ1n) is 6.50. The summed E-state index contributed by atoms with van der Waals surface area (Å²) in [6.07, 6.45) is 2.27. The molecule has 1 N–H and O–H groups in total. The van der Waals surface area contributed by atoms with Gasteiger partial charge in [0.05, 0.1) is 6.04 Å². The molecule has 0 amide bonds. The molecule has 0 saturated carbocycles. The molecule has 0 spiro atoms. The van der Waals surface area contributed by atoms with Crippen molar-refractivity contribution in [3.05, 3.63) is 35.0 Å². The second-order valence-electron chi connectivity index (χ2n) is 4.92. The van der Waals surface area contributed by atoms with Crippen molar-refractivity contribution in [2.24, 2.45) is 5.92 Å². The van der Waals surface area contributed by atoms with Crippen LogP contribution in [0.2, 0.25) is 5.02 Å². The molecular formula is C15H20ClNO. The van der Waals surface area contributed by atoms with Crippen molar-refractivity contribution in [3.63, 3.8) is 0 Å². The molecule has 1 aromatic heterocycles. The van der Waals surface area contributed by atoms with E-state index in [0.29, 0.717) is 5.92 Å². The Bertz CT molecular complexity index is 520. The minimum atomic E-state index is 0.270. The maximum absolute atomic E-state index is 5.99. The Kier molecular flexibility index (Phi) is 4.31. The summed E-state index contributed by atoms with van der Waals surface area (Å²) in [5, 5.41) is 5.15. The highest BCUT2D eigenvalue weighted by Gasteiger charge is 2.17. The molecule has 0 aliphatic carbocycles. The van der Waals surface area contributed by atoms with Crippen molar-refractivity contribution in [1.82, 2.24) is 5.32 Å². The summed E-state index contributed by atoms with van der Waals surface area (Å²) in [5.74, 6) is 1.68. The van der Waals surface area contributed by atoms with Crippen molar-refractivity contribution in [1.29, 1.82) is 0 Å². The van der Waals surface area contributed by atoms with Crippen LogP contribution in [-0.2, 0) is 0 Å². The van der Waals surface area contributed by atoms with Gasteiger partial charge in [0.1, 0.15) is 11.3 Å². The van der Waals surface area contributed by atoms with Gasteiger partial charge in [0.15, 0.2) is 0 Å². The zero-order valence-corrected chi connectivity index (χ0v) is 11.9.